The molecule has 0 spiro atoms. The van der Waals surface area contributed by atoms with E-state index in [1.54, 1.807) is 4.90 Å². The maximum Gasteiger partial charge on any atom is 0.255 e. The average molecular weight is 341 g/mol. The van der Waals surface area contributed by atoms with Crippen LogP contribution in [0.4, 0.5) is 0 Å². The van der Waals surface area contributed by atoms with Gasteiger partial charge in [-0.2, -0.15) is 0 Å². The van der Waals surface area contributed by atoms with Gasteiger partial charge in [-0.15, -0.1) is 0 Å². The molecule has 3 aliphatic heterocycles. The summed E-state index contributed by atoms with van der Waals surface area (Å²) in [6, 6.07) is 3.41. The first-order valence-corrected chi connectivity index (χ1v) is 8.52. The van der Waals surface area contributed by atoms with Crippen molar-refractivity contribution in [2.45, 2.75) is 44.9 Å². The van der Waals surface area contributed by atoms with Crippen molar-refractivity contribution in [2.24, 2.45) is 0 Å². The van der Waals surface area contributed by atoms with E-state index in [9.17, 15) is 19.2 Å². The SMILES string of the molecule is O=CCCN1Cc2cc3c(cc2C1)C(=O)N(C1CCC(=O)NC1=O)C3. The highest BCUT2D eigenvalue weighted by Gasteiger charge is 2.39. The minimum atomic E-state index is -0.573. The summed E-state index contributed by atoms with van der Waals surface area (Å²) in [5.74, 6) is -0.802. The topological polar surface area (TPSA) is 86.8 Å². The van der Waals surface area contributed by atoms with Crippen molar-refractivity contribution in [1.82, 2.24) is 15.1 Å². The van der Waals surface area contributed by atoms with Crippen LogP contribution in [0.15, 0.2) is 12.1 Å². The zero-order chi connectivity index (χ0) is 17.6. The highest BCUT2D eigenvalue weighted by molar-refractivity contribution is 6.05. The van der Waals surface area contributed by atoms with Crippen molar-refractivity contribution >= 4 is 24.0 Å². The van der Waals surface area contributed by atoms with E-state index in [0.717, 1.165) is 37.0 Å². The van der Waals surface area contributed by atoms with Gasteiger partial charge in [0.25, 0.3) is 5.91 Å². The van der Waals surface area contributed by atoms with Gasteiger partial charge in [0, 0.05) is 44.6 Å². The van der Waals surface area contributed by atoms with Crippen molar-refractivity contribution < 1.29 is 19.2 Å². The van der Waals surface area contributed by atoms with Crippen LogP contribution in [-0.2, 0) is 34.0 Å². The Bertz CT molecular complexity index is 789. The second-order valence-corrected chi connectivity index (χ2v) is 6.84. The molecule has 1 atom stereocenters. The van der Waals surface area contributed by atoms with Crippen molar-refractivity contribution in [3.63, 3.8) is 0 Å². The minimum Gasteiger partial charge on any atom is -0.322 e. The number of rotatable bonds is 4. The fourth-order valence-electron chi connectivity index (χ4n) is 3.94. The Morgan fingerprint density at radius 3 is 2.56 bits per heavy atom. The van der Waals surface area contributed by atoms with E-state index < -0.39 is 6.04 Å². The fourth-order valence-corrected chi connectivity index (χ4v) is 3.94. The zero-order valence-electron chi connectivity index (χ0n) is 13.8. The van der Waals surface area contributed by atoms with Gasteiger partial charge < -0.3 is 9.69 Å². The summed E-state index contributed by atoms with van der Waals surface area (Å²) in [6.45, 7) is 2.65. The molecular formula is C18H19N3O4. The third kappa shape index (κ3) is 2.74. The number of piperidine rings is 1. The maximum absolute atomic E-state index is 12.8. The Labute approximate surface area is 145 Å². The minimum absolute atomic E-state index is 0.140. The van der Waals surface area contributed by atoms with E-state index in [2.05, 4.69) is 16.3 Å². The molecule has 1 N–H and O–H groups in total. The zero-order valence-corrected chi connectivity index (χ0v) is 13.8. The summed E-state index contributed by atoms with van der Waals surface area (Å²) < 4.78 is 0. The molecule has 1 unspecified atom stereocenters. The Kier molecular flexibility index (Phi) is 3.88. The van der Waals surface area contributed by atoms with Crippen molar-refractivity contribution in [3.05, 3.63) is 34.4 Å². The van der Waals surface area contributed by atoms with Gasteiger partial charge in [-0.3, -0.25) is 24.6 Å². The molecule has 25 heavy (non-hydrogen) atoms. The summed E-state index contributed by atoms with van der Waals surface area (Å²) in [4.78, 5) is 50.5. The van der Waals surface area contributed by atoms with Crippen LogP contribution in [0.25, 0.3) is 0 Å². The Morgan fingerprint density at radius 1 is 1.08 bits per heavy atom. The summed E-state index contributed by atoms with van der Waals surface area (Å²) in [5.41, 5.74) is 3.89. The van der Waals surface area contributed by atoms with Crippen LogP contribution >= 0.6 is 0 Å². The molecule has 1 saturated heterocycles. The van der Waals surface area contributed by atoms with Crippen molar-refractivity contribution in [1.29, 1.82) is 0 Å². The van der Waals surface area contributed by atoms with Gasteiger partial charge in [0.2, 0.25) is 11.8 Å². The number of imide groups is 1. The lowest BCUT2D eigenvalue weighted by atomic mass is 10.0. The lowest BCUT2D eigenvalue weighted by Crippen LogP contribution is -2.52. The summed E-state index contributed by atoms with van der Waals surface area (Å²) in [6.07, 6.45) is 2.07. The number of hydrogen-bond donors (Lipinski definition) is 1. The number of carbonyl (C=O) groups excluding carboxylic acids is 4. The van der Waals surface area contributed by atoms with Crippen LogP contribution in [0.1, 0.15) is 46.3 Å². The third-order valence-corrected chi connectivity index (χ3v) is 5.19. The van der Waals surface area contributed by atoms with Gasteiger partial charge in [-0.05, 0) is 29.2 Å². The molecular weight excluding hydrogens is 322 g/mol. The Morgan fingerprint density at radius 2 is 1.84 bits per heavy atom. The van der Waals surface area contributed by atoms with Gasteiger partial charge in [0.15, 0.2) is 0 Å². The highest BCUT2D eigenvalue weighted by atomic mass is 16.2. The van der Waals surface area contributed by atoms with Gasteiger partial charge in [0.1, 0.15) is 12.3 Å². The second-order valence-electron chi connectivity index (χ2n) is 6.84. The van der Waals surface area contributed by atoms with Gasteiger partial charge in [-0.25, -0.2) is 0 Å². The third-order valence-electron chi connectivity index (χ3n) is 5.19. The number of fused-ring (bicyclic) bond motifs is 2. The molecule has 0 saturated carbocycles. The monoisotopic (exact) mass is 341 g/mol. The molecule has 3 amide bonds. The predicted octanol–water partition coefficient (Wildman–Crippen LogP) is 0.352. The van der Waals surface area contributed by atoms with E-state index in [0.29, 0.717) is 24.9 Å². The molecule has 0 aliphatic carbocycles. The molecule has 3 aliphatic rings. The molecule has 4 rings (SSSR count). The quantitative estimate of drug-likeness (QED) is 0.631. The molecule has 7 heteroatoms. The van der Waals surface area contributed by atoms with E-state index >= 15 is 0 Å². The molecule has 0 aromatic heterocycles. The Balaban J connectivity index is 1.53. The molecule has 1 aromatic rings. The molecule has 0 bridgehead atoms. The van der Waals surface area contributed by atoms with Crippen LogP contribution in [0.5, 0.6) is 0 Å². The predicted molar refractivity (Wildman–Crippen MR) is 87.3 cm³/mol. The molecule has 1 aromatic carbocycles. The molecule has 130 valence electrons. The van der Waals surface area contributed by atoms with Crippen LogP contribution < -0.4 is 5.32 Å². The van der Waals surface area contributed by atoms with E-state index in [4.69, 9.17) is 0 Å². The number of nitrogens with zero attached hydrogens (tertiary/aromatic N) is 2. The fraction of sp³-hybridized carbons (Fsp3) is 0.444. The van der Waals surface area contributed by atoms with Gasteiger partial charge in [-0.1, -0.05) is 6.07 Å². The number of carbonyl (C=O) groups is 4. The summed E-state index contributed by atoms with van der Waals surface area (Å²) in [7, 11) is 0. The lowest BCUT2D eigenvalue weighted by molar-refractivity contribution is -0.136. The molecule has 3 heterocycles. The first kappa shape index (κ1) is 16.0. The first-order chi connectivity index (χ1) is 12.1. The van der Waals surface area contributed by atoms with Crippen LogP contribution in [0.2, 0.25) is 0 Å². The van der Waals surface area contributed by atoms with E-state index in [1.807, 2.05) is 6.07 Å². The summed E-state index contributed by atoms with van der Waals surface area (Å²) in [5, 5.41) is 2.32. The smallest absolute Gasteiger partial charge is 0.255 e. The average Bonchev–Trinajstić information content (AvgIpc) is 3.12. The second kappa shape index (κ2) is 6.07. The van der Waals surface area contributed by atoms with E-state index in [-0.39, 0.29) is 24.1 Å². The van der Waals surface area contributed by atoms with Crippen molar-refractivity contribution in [2.75, 3.05) is 6.54 Å². The van der Waals surface area contributed by atoms with E-state index in [1.165, 1.54) is 5.56 Å². The number of amides is 3. The van der Waals surface area contributed by atoms with Gasteiger partial charge in [0.05, 0.1) is 0 Å². The highest BCUT2D eigenvalue weighted by Crippen LogP contribution is 2.33. The molecule has 7 nitrogen and oxygen atoms in total. The van der Waals surface area contributed by atoms with Crippen LogP contribution in [-0.4, -0.2) is 46.4 Å². The van der Waals surface area contributed by atoms with Crippen LogP contribution in [0, 0.1) is 0 Å². The first-order valence-electron chi connectivity index (χ1n) is 8.52. The lowest BCUT2D eigenvalue weighted by Gasteiger charge is -2.29. The number of aldehydes is 1. The maximum atomic E-state index is 12.8. The molecule has 0 radical (unpaired) electrons. The largest absolute Gasteiger partial charge is 0.322 e. The van der Waals surface area contributed by atoms with Gasteiger partial charge >= 0.3 is 0 Å². The number of benzene rings is 1. The normalized spacial score (nSPS) is 22.8. The summed E-state index contributed by atoms with van der Waals surface area (Å²) >= 11 is 0. The standard InChI is InChI=1S/C18H19N3O4/c22-5-1-4-20-8-11-6-13-10-21(15-2-3-16(23)19-17(15)24)18(25)14(13)7-12(11)9-20/h5-7,15H,1-4,8-10H2,(H,19,23,24). The number of nitrogens with one attached hydrogen (secondary N) is 1. The Hall–Kier alpha value is -2.54. The van der Waals surface area contributed by atoms with Crippen molar-refractivity contribution in [3.8, 4) is 0 Å². The number of hydrogen-bond acceptors (Lipinski definition) is 5. The molecule has 1 fully saturated rings. The van der Waals surface area contributed by atoms with Crippen LogP contribution in [0.3, 0.4) is 0 Å².